The van der Waals surface area contributed by atoms with E-state index in [2.05, 4.69) is 28.1 Å². The van der Waals surface area contributed by atoms with Crippen molar-refractivity contribution in [1.29, 1.82) is 0 Å². The van der Waals surface area contributed by atoms with E-state index in [4.69, 9.17) is 27.6 Å². The average Bonchev–Trinajstić information content (AvgIpc) is 3.38. The van der Waals surface area contributed by atoms with Gasteiger partial charge in [-0.05, 0) is 43.5 Å². The number of halogens is 2. The maximum Gasteiger partial charge on any atom is 0.249 e. The Hall–Kier alpha value is -1.88. The Balaban J connectivity index is 1.57. The molecular formula is C20H19Cl2N3O. The molecule has 6 heteroatoms. The van der Waals surface area contributed by atoms with Gasteiger partial charge in [-0.2, -0.15) is 0 Å². The monoisotopic (exact) mass is 387 g/mol. The second kappa shape index (κ2) is 7.39. The van der Waals surface area contributed by atoms with Gasteiger partial charge in [0.2, 0.25) is 11.8 Å². The highest BCUT2D eigenvalue weighted by atomic mass is 35.5. The number of aromatic nitrogens is 2. The van der Waals surface area contributed by atoms with Crippen molar-refractivity contribution >= 4 is 23.2 Å². The number of nitrogens with zero attached hydrogens (tertiary/aromatic N) is 3. The van der Waals surface area contributed by atoms with Crippen molar-refractivity contribution in [3.63, 3.8) is 0 Å². The Bertz CT molecular complexity index is 907. The van der Waals surface area contributed by atoms with Crippen LogP contribution in [0.15, 0.2) is 52.9 Å². The lowest BCUT2D eigenvalue weighted by molar-refractivity contribution is 0.173. The molecule has 1 saturated carbocycles. The molecule has 4 nitrogen and oxygen atoms in total. The average molecular weight is 388 g/mol. The minimum absolute atomic E-state index is 0.173. The topological polar surface area (TPSA) is 42.2 Å². The molecule has 4 rings (SSSR count). The first-order valence-corrected chi connectivity index (χ1v) is 9.46. The van der Waals surface area contributed by atoms with Crippen LogP contribution < -0.4 is 0 Å². The lowest BCUT2D eigenvalue weighted by Crippen LogP contribution is -2.29. The molecule has 1 aliphatic rings. The molecule has 134 valence electrons. The van der Waals surface area contributed by atoms with Crippen LogP contribution in [0, 0.1) is 0 Å². The van der Waals surface area contributed by atoms with Gasteiger partial charge in [0.05, 0.1) is 17.1 Å². The highest BCUT2D eigenvalue weighted by molar-refractivity contribution is 6.33. The Labute approximate surface area is 162 Å². The van der Waals surface area contributed by atoms with Crippen LogP contribution >= 0.6 is 23.2 Å². The Kier molecular flexibility index (Phi) is 4.98. The number of hydrogen-bond acceptors (Lipinski definition) is 4. The van der Waals surface area contributed by atoms with Gasteiger partial charge >= 0.3 is 0 Å². The first-order valence-electron chi connectivity index (χ1n) is 8.71. The van der Waals surface area contributed by atoms with E-state index in [1.54, 1.807) is 0 Å². The van der Waals surface area contributed by atoms with Crippen LogP contribution in [0.1, 0.15) is 37.3 Å². The zero-order valence-corrected chi connectivity index (χ0v) is 15.9. The van der Waals surface area contributed by atoms with Crippen molar-refractivity contribution in [2.45, 2.75) is 38.4 Å². The number of hydrogen-bond donors (Lipinski definition) is 0. The van der Waals surface area contributed by atoms with Crippen LogP contribution in [0.25, 0.3) is 11.5 Å². The fourth-order valence-corrected chi connectivity index (χ4v) is 3.71. The van der Waals surface area contributed by atoms with Crippen LogP contribution in [0.2, 0.25) is 10.0 Å². The van der Waals surface area contributed by atoms with Gasteiger partial charge in [-0.25, -0.2) is 0 Å². The quantitative estimate of drug-likeness (QED) is 0.538. The molecular weight excluding hydrogens is 369 g/mol. The molecule has 1 heterocycles. The smallest absolute Gasteiger partial charge is 0.249 e. The Morgan fingerprint density at radius 2 is 1.73 bits per heavy atom. The van der Waals surface area contributed by atoms with Crippen LogP contribution in [-0.4, -0.2) is 21.1 Å². The summed E-state index contributed by atoms with van der Waals surface area (Å²) in [6, 6.07) is 16.2. The zero-order chi connectivity index (χ0) is 18.1. The van der Waals surface area contributed by atoms with Crippen LogP contribution in [-0.2, 0) is 6.54 Å². The largest absolute Gasteiger partial charge is 0.419 e. The SMILES string of the molecule is CC(c1ccccc1Cl)N(Cc1nnc(-c2ccccc2Cl)o1)C1CC1. The van der Waals surface area contributed by atoms with Gasteiger partial charge in [0.15, 0.2) is 0 Å². The summed E-state index contributed by atoms with van der Waals surface area (Å²) in [7, 11) is 0. The molecule has 26 heavy (non-hydrogen) atoms. The third kappa shape index (κ3) is 3.63. The zero-order valence-electron chi connectivity index (χ0n) is 14.4. The number of benzene rings is 2. The van der Waals surface area contributed by atoms with Crippen LogP contribution in [0.3, 0.4) is 0 Å². The molecule has 0 amide bonds. The molecule has 0 spiro atoms. The second-order valence-corrected chi connectivity index (χ2v) is 7.40. The number of rotatable bonds is 6. The summed E-state index contributed by atoms with van der Waals surface area (Å²) in [5, 5.41) is 9.80. The van der Waals surface area contributed by atoms with E-state index in [1.807, 2.05) is 42.5 Å². The van der Waals surface area contributed by atoms with Gasteiger partial charge < -0.3 is 4.42 Å². The Morgan fingerprint density at radius 3 is 2.42 bits per heavy atom. The second-order valence-electron chi connectivity index (χ2n) is 6.58. The van der Waals surface area contributed by atoms with Gasteiger partial charge in [0.25, 0.3) is 0 Å². The summed E-state index contributed by atoms with van der Waals surface area (Å²) in [5.41, 5.74) is 1.87. The molecule has 1 aliphatic carbocycles. The fraction of sp³-hybridized carbons (Fsp3) is 0.300. The first kappa shape index (κ1) is 17.5. The molecule has 3 aromatic rings. The van der Waals surface area contributed by atoms with Crippen molar-refractivity contribution in [3.05, 3.63) is 70.0 Å². The third-order valence-corrected chi connectivity index (χ3v) is 5.43. The molecule has 1 unspecified atom stereocenters. The minimum Gasteiger partial charge on any atom is -0.419 e. The lowest BCUT2D eigenvalue weighted by Gasteiger charge is -2.28. The van der Waals surface area contributed by atoms with E-state index in [9.17, 15) is 0 Å². The van der Waals surface area contributed by atoms with Crippen molar-refractivity contribution in [1.82, 2.24) is 15.1 Å². The van der Waals surface area contributed by atoms with Gasteiger partial charge in [-0.15, -0.1) is 10.2 Å². The van der Waals surface area contributed by atoms with E-state index >= 15 is 0 Å². The first-order chi connectivity index (χ1) is 12.6. The molecule has 1 atom stereocenters. The summed E-state index contributed by atoms with van der Waals surface area (Å²) >= 11 is 12.6. The summed E-state index contributed by atoms with van der Waals surface area (Å²) in [5.74, 6) is 1.04. The Morgan fingerprint density at radius 1 is 1.04 bits per heavy atom. The molecule has 0 N–H and O–H groups in total. The van der Waals surface area contributed by atoms with Crippen molar-refractivity contribution in [3.8, 4) is 11.5 Å². The molecule has 0 aliphatic heterocycles. The summed E-state index contributed by atoms with van der Waals surface area (Å²) in [4.78, 5) is 2.38. The lowest BCUT2D eigenvalue weighted by atomic mass is 10.1. The standard InChI is InChI=1S/C20H19Cl2N3O/c1-13(15-6-2-4-8-17(15)21)25(14-10-11-14)12-19-23-24-20(26-19)16-7-3-5-9-18(16)22/h2-9,13-14H,10-12H2,1H3. The van der Waals surface area contributed by atoms with Gasteiger partial charge in [-0.1, -0.05) is 53.5 Å². The van der Waals surface area contributed by atoms with Gasteiger partial charge in [0, 0.05) is 17.1 Å². The van der Waals surface area contributed by atoms with E-state index in [0.717, 1.165) is 16.1 Å². The molecule has 0 saturated heterocycles. The minimum atomic E-state index is 0.173. The predicted molar refractivity (Wildman–Crippen MR) is 103 cm³/mol. The molecule has 0 radical (unpaired) electrons. The normalized spacial score (nSPS) is 15.4. The van der Waals surface area contributed by atoms with Crippen LogP contribution in [0.5, 0.6) is 0 Å². The summed E-state index contributed by atoms with van der Waals surface area (Å²) < 4.78 is 5.89. The summed E-state index contributed by atoms with van der Waals surface area (Å²) in [6.07, 6.45) is 2.36. The van der Waals surface area contributed by atoms with Gasteiger partial charge in [0.1, 0.15) is 0 Å². The van der Waals surface area contributed by atoms with Crippen molar-refractivity contribution in [2.75, 3.05) is 0 Å². The van der Waals surface area contributed by atoms with Gasteiger partial charge in [-0.3, -0.25) is 4.90 Å². The van der Waals surface area contributed by atoms with Crippen molar-refractivity contribution < 1.29 is 4.42 Å². The van der Waals surface area contributed by atoms with Crippen LogP contribution in [0.4, 0.5) is 0 Å². The van der Waals surface area contributed by atoms with E-state index in [-0.39, 0.29) is 6.04 Å². The summed E-state index contributed by atoms with van der Waals surface area (Å²) in [6.45, 7) is 2.76. The molecule has 1 aromatic heterocycles. The van der Waals surface area contributed by atoms with Crippen molar-refractivity contribution in [2.24, 2.45) is 0 Å². The van der Waals surface area contributed by atoms with E-state index in [0.29, 0.717) is 29.4 Å². The highest BCUT2D eigenvalue weighted by Gasteiger charge is 2.34. The maximum absolute atomic E-state index is 6.40. The van der Waals surface area contributed by atoms with E-state index in [1.165, 1.54) is 12.8 Å². The fourth-order valence-electron chi connectivity index (χ4n) is 3.20. The van der Waals surface area contributed by atoms with E-state index < -0.39 is 0 Å². The molecule has 0 bridgehead atoms. The highest BCUT2D eigenvalue weighted by Crippen LogP contribution is 2.37. The molecule has 2 aromatic carbocycles. The predicted octanol–water partition coefficient (Wildman–Crippen LogP) is 5.77. The third-order valence-electron chi connectivity index (χ3n) is 4.76. The molecule has 1 fully saturated rings. The maximum atomic E-state index is 6.40.